The summed E-state index contributed by atoms with van der Waals surface area (Å²) in [5.41, 5.74) is 6.88. The molecule has 0 amide bonds. The minimum atomic E-state index is 1.35. The van der Waals surface area contributed by atoms with E-state index >= 15 is 0 Å². The van der Waals surface area contributed by atoms with Crippen LogP contribution in [0.2, 0.25) is 0 Å². The summed E-state index contributed by atoms with van der Waals surface area (Å²) in [5.74, 6) is 0. The molecule has 0 bridgehead atoms. The van der Waals surface area contributed by atoms with Crippen LogP contribution in [0.1, 0.15) is 22.4 Å². The van der Waals surface area contributed by atoms with Crippen LogP contribution in [-0.2, 0) is 7.05 Å². The van der Waals surface area contributed by atoms with Crippen molar-refractivity contribution in [3.63, 3.8) is 0 Å². The molecule has 1 heterocycles. The maximum Gasteiger partial charge on any atom is 0.0485 e. The van der Waals surface area contributed by atoms with Crippen molar-refractivity contribution in [2.45, 2.75) is 27.7 Å². The van der Waals surface area contributed by atoms with Crippen molar-refractivity contribution in [3.8, 4) is 0 Å². The molecule has 0 saturated carbocycles. The van der Waals surface area contributed by atoms with E-state index < -0.39 is 0 Å². The van der Waals surface area contributed by atoms with Gasteiger partial charge in [0, 0.05) is 23.6 Å². The van der Waals surface area contributed by atoms with Crippen LogP contribution >= 0.6 is 0 Å². The van der Waals surface area contributed by atoms with Crippen LogP contribution in [-0.4, -0.2) is 4.57 Å². The molecule has 0 N–H and O–H groups in total. The lowest BCUT2D eigenvalue weighted by Crippen LogP contribution is -1.90. The number of nitrogens with zero attached hydrogens (tertiary/aromatic N) is 1. The highest BCUT2D eigenvalue weighted by atomic mass is 14.9. The summed E-state index contributed by atoms with van der Waals surface area (Å²) in [6, 6.07) is 4.58. The van der Waals surface area contributed by atoms with Gasteiger partial charge in [0.15, 0.2) is 0 Å². The smallest absolute Gasteiger partial charge is 0.0485 e. The van der Waals surface area contributed by atoms with Gasteiger partial charge in [-0.05, 0) is 56.5 Å². The van der Waals surface area contributed by atoms with E-state index in [-0.39, 0.29) is 0 Å². The van der Waals surface area contributed by atoms with Crippen LogP contribution < -0.4 is 0 Å². The fourth-order valence-electron chi connectivity index (χ4n) is 2.01. The lowest BCUT2D eigenvalue weighted by molar-refractivity contribution is 0.910. The largest absolute Gasteiger partial charge is 0.348 e. The number of fused-ring (bicyclic) bond motifs is 1. The molecule has 2 rings (SSSR count). The summed E-state index contributed by atoms with van der Waals surface area (Å²) >= 11 is 0. The molecule has 0 spiro atoms. The quantitative estimate of drug-likeness (QED) is 0.595. The van der Waals surface area contributed by atoms with E-state index in [2.05, 4.69) is 51.4 Å². The van der Waals surface area contributed by atoms with Gasteiger partial charge in [-0.3, -0.25) is 0 Å². The molecule has 0 radical (unpaired) electrons. The molecule has 0 aliphatic rings. The van der Waals surface area contributed by atoms with Gasteiger partial charge in [-0.1, -0.05) is 0 Å². The topological polar surface area (TPSA) is 4.93 Å². The molecule has 2 aromatic rings. The molecule has 14 heavy (non-hydrogen) atoms. The predicted molar refractivity (Wildman–Crippen MR) is 61.9 cm³/mol. The van der Waals surface area contributed by atoms with Crippen LogP contribution in [0.5, 0.6) is 0 Å². The van der Waals surface area contributed by atoms with Crippen molar-refractivity contribution in [2.75, 3.05) is 0 Å². The minimum Gasteiger partial charge on any atom is -0.348 e. The fraction of sp³-hybridized carbons (Fsp3) is 0.385. The van der Waals surface area contributed by atoms with E-state index in [1.165, 1.54) is 33.3 Å². The van der Waals surface area contributed by atoms with Gasteiger partial charge < -0.3 is 4.57 Å². The summed E-state index contributed by atoms with van der Waals surface area (Å²) in [5, 5.41) is 1.40. The Morgan fingerprint density at radius 1 is 0.929 bits per heavy atom. The monoisotopic (exact) mass is 187 g/mol. The Kier molecular flexibility index (Phi) is 1.91. The third-order valence-corrected chi connectivity index (χ3v) is 3.42. The summed E-state index contributed by atoms with van der Waals surface area (Å²) in [6.45, 7) is 8.73. The molecule has 0 aliphatic carbocycles. The zero-order chi connectivity index (χ0) is 10.5. The molecule has 0 unspecified atom stereocenters. The number of hydrogen-bond acceptors (Lipinski definition) is 0. The number of aromatic nitrogens is 1. The predicted octanol–water partition coefficient (Wildman–Crippen LogP) is 3.41. The van der Waals surface area contributed by atoms with Gasteiger partial charge in [0.2, 0.25) is 0 Å². The van der Waals surface area contributed by atoms with Crippen LogP contribution in [0.15, 0.2) is 12.1 Å². The maximum atomic E-state index is 2.30. The molecule has 0 saturated heterocycles. The third kappa shape index (κ3) is 1.08. The highest BCUT2D eigenvalue weighted by Crippen LogP contribution is 2.26. The van der Waals surface area contributed by atoms with Crippen molar-refractivity contribution in [1.82, 2.24) is 4.57 Å². The standard InChI is InChI=1S/C13H17N/c1-8-6-12-10(3)11(4)14(5)13(12)7-9(8)2/h6-7H,1-5H3. The van der Waals surface area contributed by atoms with E-state index in [1.54, 1.807) is 0 Å². The van der Waals surface area contributed by atoms with Crippen molar-refractivity contribution in [3.05, 3.63) is 34.5 Å². The van der Waals surface area contributed by atoms with Gasteiger partial charge in [0.25, 0.3) is 0 Å². The van der Waals surface area contributed by atoms with E-state index in [1.807, 2.05) is 0 Å². The minimum absolute atomic E-state index is 1.35. The Balaban J connectivity index is 2.96. The number of rotatable bonds is 0. The summed E-state index contributed by atoms with van der Waals surface area (Å²) < 4.78 is 2.27. The number of aryl methyl sites for hydroxylation is 4. The number of benzene rings is 1. The van der Waals surface area contributed by atoms with Crippen molar-refractivity contribution in [2.24, 2.45) is 7.05 Å². The lowest BCUT2D eigenvalue weighted by atomic mass is 10.1. The Morgan fingerprint density at radius 2 is 1.50 bits per heavy atom. The highest BCUT2D eigenvalue weighted by molar-refractivity contribution is 5.86. The summed E-state index contributed by atoms with van der Waals surface area (Å²) in [6.07, 6.45) is 0. The molecule has 0 atom stereocenters. The molecule has 0 aliphatic heterocycles. The summed E-state index contributed by atoms with van der Waals surface area (Å²) in [7, 11) is 2.14. The molecule has 1 heteroatoms. The first-order valence-electron chi connectivity index (χ1n) is 5.05. The van der Waals surface area contributed by atoms with Gasteiger partial charge >= 0.3 is 0 Å². The van der Waals surface area contributed by atoms with Crippen LogP contribution in [0.4, 0.5) is 0 Å². The first kappa shape index (κ1) is 9.32. The maximum absolute atomic E-state index is 2.30. The first-order chi connectivity index (χ1) is 6.52. The molecule has 0 fully saturated rings. The van der Waals surface area contributed by atoms with E-state index in [9.17, 15) is 0 Å². The zero-order valence-corrected chi connectivity index (χ0v) is 9.60. The highest BCUT2D eigenvalue weighted by Gasteiger charge is 2.08. The van der Waals surface area contributed by atoms with Gasteiger partial charge in [0.05, 0.1) is 0 Å². The summed E-state index contributed by atoms with van der Waals surface area (Å²) in [4.78, 5) is 0. The Bertz CT molecular complexity index is 459. The van der Waals surface area contributed by atoms with Crippen molar-refractivity contribution < 1.29 is 0 Å². The van der Waals surface area contributed by atoms with Gasteiger partial charge in [-0.25, -0.2) is 0 Å². The lowest BCUT2D eigenvalue weighted by Gasteiger charge is -2.02. The molecular formula is C13H17N. The van der Waals surface area contributed by atoms with E-state index in [0.717, 1.165) is 0 Å². The molecule has 1 aromatic heterocycles. The first-order valence-corrected chi connectivity index (χ1v) is 5.05. The Labute approximate surface area is 85.4 Å². The normalized spacial score (nSPS) is 11.2. The van der Waals surface area contributed by atoms with E-state index in [0.29, 0.717) is 0 Å². The molecule has 74 valence electrons. The fourth-order valence-corrected chi connectivity index (χ4v) is 2.01. The molecule has 1 aromatic carbocycles. The average molecular weight is 187 g/mol. The van der Waals surface area contributed by atoms with Crippen LogP contribution in [0.25, 0.3) is 10.9 Å². The zero-order valence-electron chi connectivity index (χ0n) is 9.60. The van der Waals surface area contributed by atoms with Gasteiger partial charge in [-0.15, -0.1) is 0 Å². The number of hydrogen-bond donors (Lipinski definition) is 0. The molecular weight excluding hydrogens is 170 g/mol. The van der Waals surface area contributed by atoms with Gasteiger partial charge in [0.1, 0.15) is 0 Å². The second-order valence-corrected chi connectivity index (χ2v) is 4.22. The second kappa shape index (κ2) is 2.88. The van der Waals surface area contributed by atoms with E-state index in [4.69, 9.17) is 0 Å². The van der Waals surface area contributed by atoms with Crippen LogP contribution in [0.3, 0.4) is 0 Å². The Morgan fingerprint density at radius 3 is 2.14 bits per heavy atom. The van der Waals surface area contributed by atoms with Gasteiger partial charge in [-0.2, -0.15) is 0 Å². The Hall–Kier alpha value is -1.24. The van der Waals surface area contributed by atoms with Crippen molar-refractivity contribution >= 4 is 10.9 Å². The van der Waals surface area contributed by atoms with Crippen molar-refractivity contribution in [1.29, 1.82) is 0 Å². The van der Waals surface area contributed by atoms with Crippen LogP contribution in [0, 0.1) is 27.7 Å². The molecule has 1 nitrogen and oxygen atoms in total. The SMILES string of the molecule is Cc1cc2c(C)c(C)n(C)c2cc1C. The third-order valence-electron chi connectivity index (χ3n) is 3.42. The second-order valence-electron chi connectivity index (χ2n) is 4.22. The average Bonchev–Trinajstić information content (AvgIpc) is 2.34.